The Balaban J connectivity index is 1.96. The summed E-state index contributed by atoms with van der Waals surface area (Å²) in [5.41, 5.74) is -0.121. The van der Waals surface area contributed by atoms with Gasteiger partial charge in [0.2, 0.25) is 0 Å². The summed E-state index contributed by atoms with van der Waals surface area (Å²) >= 11 is 3.30. The lowest BCUT2D eigenvalue weighted by molar-refractivity contribution is 0.0279. The third-order valence-corrected chi connectivity index (χ3v) is 4.10. The van der Waals surface area contributed by atoms with E-state index in [9.17, 15) is 9.59 Å². The van der Waals surface area contributed by atoms with E-state index in [0.29, 0.717) is 18.8 Å². The number of hydrogen-bond donors (Lipinski definition) is 0. The molecule has 1 aliphatic rings. The monoisotopic (exact) mass is 383 g/mol. The summed E-state index contributed by atoms with van der Waals surface area (Å²) in [7, 11) is 1.75. The molecule has 2 heterocycles. The van der Waals surface area contributed by atoms with Gasteiger partial charge in [-0.15, -0.1) is 0 Å². The molecule has 126 valence electrons. The second-order valence-corrected chi connectivity index (χ2v) is 7.56. The van der Waals surface area contributed by atoms with Crippen molar-refractivity contribution in [3.63, 3.8) is 0 Å². The molecule has 23 heavy (non-hydrogen) atoms. The van der Waals surface area contributed by atoms with Crippen molar-refractivity contribution in [1.82, 2.24) is 14.8 Å². The van der Waals surface area contributed by atoms with Crippen molar-refractivity contribution in [2.75, 3.05) is 20.1 Å². The Kier molecular flexibility index (Phi) is 5.29. The highest BCUT2D eigenvalue weighted by Gasteiger charge is 2.33. The predicted molar refractivity (Wildman–Crippen MR) is 90.2 cm³/mol. The quantitative estimate of drug-likeness (QED) is 0.787. The van der Waals surface area contributed by atoms with Gasteiger partial charge >= 0.3 is 6.09 Å². The van der Waals surface area contributed by atoms with Gasteiger partial charge in [0, 0.05) is 30.8 Å². The summed E-state index contributed by atoms with van der Waals surface area (Å²) in [5.74, 6) is -0.145. The molecule has 1 unspecified atom stereocenters. The number of likely N-dealkylation sites (N-methyl/N-ethyl adjacent to an activating group) is 1. The minimum Gasteiger partial charge on any atom is -0.444 e. The van der Waals surface area contributed by atoms with Gasteiger partial charge in [0.25, 0.3) is 5.91 Å². The zero-order valence-corrected chi connectivity index (χ0v) is 15.5. The van der Waals surface area contributed by atoms with Crippen molar-refractivity contribution >= 4 is 27.9 Å². The molecule has 0 aromatic carbocycles. The van der Waals surface area contributed by atoms with Crippen LogP contribution in [0.2, 0.25) is 0 Å². The molecular weight excluding hydrogens is 362 g/mol. The van der Waals surface area contributed by atoms with Crippen LogP contribution < -0.4 is 0 Å². The first-order chi connectivity index (χ1) is 10.7. The van der Waals surface area contributed by atoms with Crippen LogP contribution in [0.3, 0.4) is 0 Å². The maximum absolute atomic E-state index is 12.5. The van der Waals surface area contributed by atoms with Crippen molar-refractivity contribution in [2.45, 2.75) is 38.8 Å². The molecule has 6 nitrogen and oxygen atoms in total. The second kappa shape index (κ2) is 6.86. The van der Waals surface area contributed by atoms with Crippen LogP contribution in [0.15, 0.2) is 22.8 Å². The predicted octanol–water partition coefficient (Wildman–Crippen LogP) is 2.93. The Labute approximate surface area is 144 Å². The molecule has 0 saturated carbocycles. The van der Waals surface area contributed by atoms with Crippen LogP contribution in [0.4, 0.5) is 4.79 Å². The van der Waals surface area contributed by atoms with Gasteiger partial charge in [-0.1, -0.05) is 0 Å². The Bertz CT molecular complexity index is 583. The molecule has 0 N–H and O–H groups in total. The summed E-state index contributed by atoms with van der Waals surface area (Å²) in [6.45, 7) is 6.59. The summed E-state index contributed by atoms with van der Waals surface area (Å²) < 4.78 is 6.20. The minimum absolute atomic E-state index is 0.0273. The second-order valence-electron chi connectivity index (χ2n) is 6.65. The van der Waals surface area contributed by atoms with Crippen LogP contribution >= 0.6 is 15.9 Å². The average Bonchev–Trinajstić information content (AvgIpc) is 2.94. The van der Waals surface area contributed by atoms with Crippen molar-refractivity contribution in [3.8, 4) is 0 Å². The molecule has 0 aliphatic carbocycles. The largest absolute Gasteiger partial charge is 0.444 e. The van der Waals surface area contributed by atoms with E-state index in [4.69, 9.17) is 4.74 Å². The molecule has 0 radical (unpaired) electrons. The first-order valence-electron chi connectivity index (χ1n) is 7.54. The van der Waals surface area contributed by atoms with E-state index in [2.05, 4.69) is 20.9 Å². The van der Waals surface area contributed by atoms with E-state index >= 15 is 0 Å². The fourth-order valence-corrected chi connectivity index (χ4v) is 2.63. The van der Waals surface area contributed by atoms with Crippen molar-refractivity contribution in [1.29, 1.82) is 0 Å². The van der Waals surface area contributed by atoms with Gasteiger partial charge in [0.05, 0.1) is 6.04 Å². The highest BCUT2D eigenvalue weighted by molar-refractivity contribution is 9.10. The molecule has 1 saturated heterocycles. The molecule has 7 heteroatoms. The Morgan fingerprint density at radius 2 is 2.09 bits per heavy atom. The molecular formula is C16H22BrN3O3. The smallest absolute Gasteiger partial charge is 0.410 e. The number of carbonyl (C=O) groups is 2. The van der Waals surface area contributed by atoms with E-state index in [1.165, 1.54) is 0 Å². The van der Waals surface area contributed by atoms with Crippen LogP contribution in [0.5, 0.6) is 0 Å². The number of halogens is 1. The van der Waals surface area contributed by atoms with E-state index in [-0.39, 0.29) is 18.0 Å². The van der Waals surface area contributed by atoms with Gasteiger partial charge in [-0.2, -0.15) is 0 Å². The van der Waals surface area contributed by atoms with Crippen molar-refractivity contribution in [3.05, 3.63) is 28.5 Å². The molecule has 1 aliphatic heterocycles. The topological polar surface area (TPSA) is 62.7 Å². The fourth-order valence-electron chi connectivity index (χ4n) is 2.40. The molecule has 1 fully saturated rings. The van der Waals surface area contributed by atoms with E-state index in [1.807, 2.05) is 20.8 Å². The lowest BCUT2D eigenvalue weighted by Crippen LogP contribution is -2.41. The number of likely N-dealkylation sites (tertiary alicyclic amines) is 1. The molecule has 0 spiro atoms. The van der Waals surface area contributed by atoms with Gasteiger partial charge < -0.3 is 14.5 Å². The van der Waals surface area contributed by atoms with E-state index < -0.39 is 5.60 Å². The maximum atomic E-state index is 12.5. The van der Waals surface area contributed by atoms with E-state index in [0.717, 1.165) is 10.9 Å². The van der Waals surface area contributed by atoms with Crippen LogP contribution in [0, 0.1) is 0 Å². The zero-order chi connectivity index (χ0) is 17.2. The third-order valence-electron chi connectivity index (χ3n) is 3.63. The van der Waals surface area contributed by atoms with Crippen LogP contribution in [-0.4, -0.2) is 58.6 Å². The number of aromatic nitrogens is 1. The van der Waals surface area contributed by atoms with Gasteiger partial charge in [0.1, 0.15) is 11.3 Å². The molecule has 2 rings (SSSR count). The standard InChI is InChI=1S/C16H22BrN3O3/c1-16(2,3)23-15(22)20-8-7-12(10-20)19(4)14(21)13-6-5-11(17)9-18-13/h5-6,9,12H,7-8,10H2,1-4H3. The Morgan fingerprint density at radius 1 is 1.39 bits per heavy atom. The first kappa shape index (κ1) is 17.7. The number of amides is 2. The van der Waals surface area contributed by atoms with Crippen LogP contribution in [0.1, 0.15) is 37.7 Å². The minimum atomic E-state index is -0.516. The Morgan fingerprint density at radius 3 is 2.65 bits per heavy atom. The molecule has 2 amide bonds. The summed E-state index contributed by atoms with van der Waals surface area (Å²) in [6.07, 6.45) is 2.00. The molecule has 1 aromatic rings. The average molecular weight is 384 g/mol. The SMILES string of the molecule is CN(C(=O)c1ccc(Br)cn1)C1CCN(C(=O)OC(C)(C)C)C1. The molecule has 1 aromatic heterocycles. The van der Waals surface area contributed by atoms with Crippen molar-refractivity contribution < 1.29 is 14.3 Å². The van der Waals surface area contributed by atoms with Gasteiger partial charge in [-0.05, 0) is 55.3 Å². The van der Waals surface area contributed by atoms with Gasteiger partial charge in [-0.25, -0.2) is 9.78 Å². The number of ether oxygens (including phenoxy) is 1. The normalized spacial score (nSPS) is 18.0. The lowest BCUT2D eigenvalue weighted by Gasteiger charge is -2.26. The number of nitrogens with zero attached hydrogens (tertiary/aromatic N) is 3. The van der Waals surface area contributed by atoms with Crippen LogP contribution in [-0.2, 0) is 4.74 Å². The summed E-state index contributed by atoms with van der Waals surface area (Å²) in [4.78, 5) is 32.0. The fraction of sp³-hybridized carbons (Fsp3) is 0.562. The Hall–Kier alpha value is -1.63. The lowest BCUT2D eigenvalue weighted by atomic mass is 10.2. The highest BCUT2D eigenvalue weighted by atomic mass is 79.9. The first-order valence-corrected chi connectivity index (χ1v) is 8.33. The third kappa shape index (κ3) is 4.67. The van der Waals surface area contributed by atoms with Gasteiger partial charge in [0.15, 0.2) is 0 Å². The highest BCUT2D eigenvalue weighted by Crippen LogP contribution is 2.19. The number of rotatable bonds is 2. The summed E-state index contributed by atoms with van der Waals surface area (Å²) in [6, 6.07) is 3.44. The molecule has 0 bridgehead atoms. The zero-order valence-electron chi connectivity index (χ0n) is 13.9. The van der Waals surface area contributed by atoms with Crippen LogP contribution in [0.25, 0.3) is 0 Å². The van der Waals surface area contributed by atoms with Gasteiger partial charge in [-0.3, -0.25) is 4.79 Å². The number of pyridine rings is 1. The summed E-state index contributed by atoms with van der Waals surface area (Å²) in [5, 5.41) is 0. The number of carbonyl (C=O) groups excluding carboxylic acids is 2. The van der Waals surface area contributed by atoms with Crippen molar-refractivity contribution in [2.24, 2.45) is 0 Å². The molecule has 1 atom stereocenters. The maximum Gasteiger partial charge on any atom is 0.410 e. The number of hydrogen-bond acceptors (Lipinski definition) is 4. The van der Waals surface area contributed by atoms with E-state index in [1.54, 1.807) is 35.2 Å².